The summed E-state index contributed by atoms with van der Waals surface area (Å²) in [6.45, 7) is 4.46. The van der Waals surface area contributed by atoms with Crippen molar-refractivity contribution in [3.8, 4) is 5.75 Å². The van der Waals surface area contributed by atoms with E-state index in [1.807, 2.05) is 18.2 Å². The molecule has 0 aromatic heterocycles. The van der Waals surface area contributed by atoms with Crippen molar-refractivity contribution in [2.75, 3.05) is 7.11 Å². The van der Waals surface area contributed by atoms with Gasteiger partial charge in [0.1, 0.15) is 5.75 Å². The lowest BCUT2D eigenvalue weighted by Gasteiger charge is -2.13. The molecule has 0 saturated carbocycles. The first kappa shape index (κ1) is 16.4. The van der Waals surface area contributed by atoms with E-state index in [4.69, 9.17) is 16.3 Å². The molecule has 0 saturated heterocycles. The van der Waals surface area contributed by atoms with Gasteiger partial charge >= 0.3 is 0 Å². The quantitative estimate of drug-likeness (QED) is 0.590. The molecule has 2 aromatic carbocycles. The molecule has 0 aliphatic carbocycles. The van der Waals surface area contributed by atoms with Crippen LogP contribution in [0.3, 0.4) is 0 Å². The fourth-order valence-corrected chi connectivity index (χ4v) is 3.17. The fourth-order valence-electron chi connectivity index (χ4n) is 2.33. The van der Waals surface area contributed by atoms with Crippen molar-refractivity contribution in [1.82, 2.24) is 0 Å². The maximum absolute atomic E-state index is 6.60. The van der Waals surface area contributed by atoms with Gasteiger partial charge in [-0.15, -0.1) is 11.6 Å². The summed E-state index contributed by atoms with van der Waals surface area (Å²) in [4.78, 5) is 0. The van der Waals surface area contributed by atoms with Crippen LogP contribution in [0, 0.1) is 5.92 Å². The summed E-state index contributed by atoms with van der Waals surface area (Å²) in [6.07, 6.45) is 1.10. The number of methoxy groups -OCH3 is 1. The Labute approximate surface area is 140 Å². The molecule has 2 aromatic rings. The molecule has 0 amide bonds. The Kier molecular flexibility index (Phi) is 5.72. The summed E-state index contributed by atoms with van der Waals surface area (Å²) in [5, 5.41) is -0.152. The minimum Gasteiger partial charge on any atom is -0.496 e. The lowest BCUT2D eigenvalue weighted by atomic mass is 9.99. The molecule has 21 heavy (non-hydrogen) atoms. The van der Waals surface area contributed by atoms with E-state index >= 15 is 0 Å². The Hall–Kier alpha value is -0.990. The van der Waals surface area contributed by atoms with Crippen LogP contribution < -0.4 is 4.74 Å². The topological polar surface area (TPSA) is 9.23 Å². The Balaban J connectivity index is 2.19. The second kappa shape index (κ2) is 7.33. The van der Waals surface area contributed by atoms with E-state index in [0.717, 1.165) is 27.8 Å². The third kappa shape index (κ3) is 4.24. The summed E-state index contributed by atoms with van der Waals surface area (Å²) in [5.41, 5.74) is 3.52. The lowest BCUT2D eigenvalue weighted by Crippen LogP contribution is -1.97. The van der Waals surface area contributed by atoms with Gasteiger partial charge in [-0.3, -0.25) is 0 Å². The van der Waals surface area contributed by atoms with E-state index in [2.05, 4.69) is 54.0 Å². The SMILES string of the molecule is COc1ccc(C(Cl)c2ccc(CC(C)C)cc2)cc1Br. The Bertz CT molecular complexity index is 593. The van der Waals surface area contributed by atoms with Crippen LogP contribution in [0.2, 0.25) is 0 Å². The molecule has 0 bridgehead atoms. The van der Waals surface area contributed by atoms with Crippen LogP contribution in [-0.4, -0.2) is 7.11 Å². The molecular weight excluding hydrogens is 348 g/mol. The summed E-state index contributed by atoms with van der Waals surface area (Å²) in [7, 11) is 1.66. The largest absolute Gasteiger partial charge is 0.496 e. The van der Waals surface area contributed by atoms with E-state index in [1.165, 1.54) is 5.56 Å². The number of ether oxygens (including phenoxy) is 1. The van der Waals surface area contributed by atoms with Crippen molar-refractivity contribution in [3.63, 3.8) is 0 Å². The van der Waals surface area contributed by atoms with Crippen LogP contribution in [0.4, 0.5) is 0 Å². The van der Waals surface area contributed by atoms with Crippen molar-refractivity contribution in [2.45, 2.75) is 25.6 Å². The molecule has 0 N–H and O–H groups in total. The van der Waals surface area contributed by atoms with Crippen LogP contribution in [0.25, 0.3) is 0 Å². The number of alkyl halides is 1. The first-order valence-electron chi connectivity index (χ1n) is 7.07. The molecule has 0 radical (unpaired) electrons. The maximum atomic E-state index is 6.60. The summed E-state index contributed by atoms with van der Waals surface area (Å²) < 4.78 is 6.17. The zero-order valence-corrected chi connectivity index (χ0v) is 14.9. The average molecular weight is 368 g/mol. The van der Waals surface area contributed by atoms with Crippen molar-refractivity contribution in [1.29, 1.82) is 0 Å². The first-order chi connectivity index (χ1) is 10.0. The maximum Gasteiger partial charge on any atom is 0.133 e. The van der Waals surface area contributed by atoms with Crippen molar-refractivity contribution < 1.29 is 4.74 Å². The van der Waals surface area contributed by atoms with Gasteiger partial charge in [0.05, 0.1) is 17.0 Å². The van der Waals surface area contributed by atoms with Crippen molar-refractivity contribution >= 4 is 27.5 Å². The molecule has 2 rings (SSSR count). The number of hydrogen-bond donors (Lipinski definition) is 0. The highest BCUT2D eigenvalue weighted by Gasteiger charge is 2.13. The molecule has 0 aliphatic rings. The van der Waals surface area contributed by atoms with Gasteiger partial charge in [0.25, 0.3) is 0 Å². The van der Waals surface area contributed by atoms with Crippen LogP contribution in [0.5, 0.6) is 5.75 Å². The molecule has 0 aliphatic heterocycles. The van der Waals surface area contributed by atoms with Gasteiger partial charge < -0.3 is 4.74 Å². The fraction of sp³-hybridized carbons (Fsp3) is 0.333. The van der Waals surface area contributed by atoms with Gasteiger partial charge in [-0.05, 0) is 57.1 Å². The molecule has 3 heteroatoms. The second-order valence-corrected chi connectivity index (χ2v) is 6.89. The highest BCUT2D eigenvalue weighted by atomic mass is 79.9. The van der Waals surface area contributed by atoms with E-state index in [1.54, 1.807) is 7.11 Å². The molecule has 0 fully saturated rings. The Morgan fingerprint density at radius 2 is 1.67 bits per heavy atom. The van der Waals surface area contributed by atoms with Gasteiger partial charge in [0.15, 0.2) is 0 Å². The van der Waals surface area contributed by atoms with Crippen LogP contribution >= 0.6 is 27.5 Å². The highest BCUT2D eigenvalue weighted by molar-refractivity contribution is 9.10. The molecule has 1 atom stereocenters. The molecular formula is C18H20BrClO. The van der Waals surface area contributed by atoms with E-state index in [0.29, 0.717) is 5.92 Å². The second-order valence-electron chi connectivity index (χ2n) is 5.60. The van der Waals surface area contributed by atoms with Crippen LogP contribution in [-0.2, 0) is 6.42 Å². The number of hydrogen-bond acceptors (Lipinski definition) is 1. The first-order valence-corrected chi connectivity index (χ1v) is 8.30. The molecule has 1 nitrogen and oxygen atoms in total. The zero-order valence-electron chi connectivity index (χ0n) is 12.6. The summed E-state index contributed by atoms with van der Waals surface area (Å²) in [6, 6.07) is 14.5. The number of rotatable bonds is 5. The van der Waals surface area contributed by atoms with E-state index in [9.17, 15) is 0 Å². The van der Waals surface area contributed by atoms with Crippen molar-refractivity contribution in [3.05, 3.63) is 63.6 Å². The van der Waals surface area contributed by atoms with Gasteiger partial charge in [0, 0.05) is 0 Å². The Morgan fingerprint density at radius 3 is 2.19 bits per heavy atom. The predicted octanol–water partition coefficient (Wildman–Crippen LogP) is 5.98. The minimum atomic E-state index is -0.152. The smallest absolute Gasteiger partial charge is 0.133 e. The molecule has 1 unspecified atom stereocenters. The van der Waals surface area contributed by atoms with E-state index in [-0.39, 0.29) is 5.38 Å². The highest BCUT2D eigenvalue weighted by Crippen LogP contribution is 2.34. The molecule has 0 heterocycles. The van der Waals surface area contributed by atoms with E-state index < -0.39 is 0 Å². The van der Waals surface area contributed by atoms with Gasteiger partial charge in [0.2, 0.25) is 0 Å². The summed E-state index contributed by atoms with van der Waals surface area (Å²) in [5.74, 6) is 1.48. The Morgan fingerprint density at radius 1 is 1.05 bits per heavy atom. The monoisotopic (exact) mass is 366 g/mol. The normalized spacial score (nSPS) is 12.5. The van der Waals surface area contributed by atoms with Gasteiger partial charge in [-0.25, -0.2) is 0 Å². The van der Waals surface area contributed by atoms with Crippen LogP contribution in [0.15, 0.2) is 46.9 Å². The third-order valence-electron chi connectivity index (χ3n) is 3.38. The standard InChI is InChI=1S/C18H20BrClO/c1-12(2)10-13-4-6-14(7-5-13)18(20)15-8-9-17(21-3)16(19)11-15/h4-9,11-12,18H,10H2,1-3H3. The van der Waals surface area contributed by atoms with Crippen LogP contribution in [0.1, 0.15) is 35.9 Å². The minimum absolute atomic E-state index is 0.152. The number of benzene rings is 2. The molecule has 0 spiro atoms. The molecule has 112 valence electrons. The van der Waals surface area contributed by atoms with Gasteiger partial charge in [-0.2, -0.15) is 0 Å². The zero-order chi connectivity index (χ0) is 15.4. The number of halogens is 2. The average Bonchev–Trinajstić information content (AvgIpc) is 2.46. The lowest BCUT2D eigenvalue weighted by molar-refractivity contribution is 0.412. The summed E-state index contributed by atoms with van der Waals surface area (Å²) >= 11 is 10.1. The van der Waals surface area contributed by atoms with Gasteiger partial charge in [-0.1, -0.05) is 44.2 Å². The van der Waals surface area contributed by atoms with Crippen molar-refractivity contribution in [2.24, 2.45) is 5.92 Å². The predicted molar refractivity (Wildman–Crippen MR) is 93.4 cm³/mol. The third-order valence-corrected chi connectivity index (χ3v) is 4.51.